The summed E-state index contributed by atoms with van der Waals surface area (Å²) in [7, 11) is 0. The summed E-state index contributed by atoms with van der Waals surface area (Å²) in [4.78, 5) is 31.5. The number of carbonyl (C=O) groups is 3. The fourth-order valence-electron chi connectivity index (χ4n) is 0.641. The molecule has 0 fully saturated rings. The third-order valence-corrected chi connectivity index (χ3v) is 0.983. The van der Waals surface area contributed by atoms with Crippen molar-refractivity contribution >= 4 is 40.4 Å². The smallest absolute Gasteiger partial charge is 0.369 e. The van der Waals surface area contributed by atoms with Crippen molar-refractivity contribution in [2.45, 2.75) is 13.8 Å². The zero-order valence-electron chi connectivity index (χ0n) is 6.64. The van der Waals surface area contributed by atoms with Crippen LogP contribution in [0.5, 0.6) is 0 Å². The van der Waals surface area contributed by atoms with E-state index in [2.05, 4.69) is 6.92 Å². The van der Waals surface area contributed by atoms with E-state index in [1.807, 2.05) is 0 Å². The van der Waals surface area contributed by atoms with E-state index in [0.717, 1.165) is 0 Å². The summed E-state index contributed by atoms with van der Waals surface area (Å²) in [5.74, 6) is -2.08. The molecule has 0 aliphatic rings. The first kappa shape index (κ1) is 13.1. The minimum atomic E-state index is -0.708. The summed E-state index contributed by atoms with van der Waals surface area (Å²) in [6.07, 6.45) is 0. The van der Waals surface area contributed by atoms with Crippen LogP contribution in [0.2, 0.25) is 0 Å². The van der Waals surface area contributed by atoms with E-state index in [1.165, 1.54) is 13.8 Å². The molecule has 0 bridgehead atoms. The van der Waals surface area contributed by atoms with E-state index in [0.29, 0.717) is 0 Å². The zero-order valence-corrected chi connectivity index (χ0v) is 8.05. The molecule has 0 amide bonds. The molecule has 0 heterocycles. The Labute approximate surface area is 81.7 Å². The standard InChI is InChI=1S/C7H8O3.Mg/c1-4(8)7(5(2)9)6(3)10;/h1H2,2-3H3;/q-2;+2. The van der Waals surface area contributed by atoms with Crippen LogP contribution in [0.1, 0.15) is 13.8 Å². The van der Waals surface area contributed by atoms with Gasteiger partial charge in [-0.05, 0) is 13.8 Å². The normalized spacial score (nSPS) is 7.82. The molecule has 11 heavy (non-hydrogen) atoms. The number of hydrogen-bond acceptors (Lipinski definition) is 3. The SMILES string of the molecule is [CH2-]C(=O)[C-](C(C)=O)C(C)=O.[Mg+2]. The summed E-state index contributed by atoms with van der Waals surface area (Å²) in [6, 6.07) is 0. The molecule has 0 aromatic rings. The van der Waals surface area contributed by atoms with Crippen molar-refractivity contribution in [2.75, 3.05) is 0 Å². The second kappa shape index (κ2) is 5.20. The van der Waals surface area contributed by atoms with Crippen LogP contribution >= 0.6 is 0 Å². The second-order valence-corrected chi connectivity index (χ2v) is 1.91. The number of carbonyl (C=O) groups excluding carboxylic acids is 3. The second-order valence-electron chi connectivity index (χ2n) is 1.91. The van der Waals surface area contributed by atoms with Crippen molar-refractivity contribution in [3.05, 3.63) is 12.8 Å². The maximum absolute atomic E-state index is 10.5. The molecule has 0 saturated carbocycles. The van der Waals surface area contributed by atoms with Crippen LogP contribution in [-0.4, -0.2) is 40.4 Å². The Morgan fingerprint density at radius 2 is 1.36 bits per heavy atom. The van der Waals surface area contributed by atoms with E-state index >= 15 is 0 Å². The van der Waals surface area contributed by atoms with E-state index in [4.69, 9.17) is 0 Å². The summed E-state index contributed by atoms with van der Waals surface area (Å²) < 4.78 is 0. The molecular formula is C7H8MgO3. The average Bonchev–Trinajstić information content (AvgIpc) is 1.59. The van der Waals surface area contributed by atoms with Crippen molar-refractivity contribution in [3.8, 4) is 0 Å². The van der Waals surface area contributed by atoms with Gasteiger partial charge in [0, 0.05) is 11.6 Å². The van der Waals surface area contributed by atoms with Crippen molar-refractivity contribution in [1.29, 1.82) is 0 Å². The van der Waals surface area contributed by atoms with Crippen molar-refractivity contribution in [3.63, 3.8) is 0 Å². The van der Waals surface area contributed by atoms with Gasteiger partial charge in [0.2, 0.25) is 0 Å². The monoisotopic (exact) mass is 164 g/mol. The molecule has 0 aliphatic carbocycles. The van der Waals surface area contributed by atoms with Crippen LogP contribution in [0.4, 0.5) is 0 Å². The molecule has 56 valence electrons. The fourth-order valence-corrected chi connectivity index (χ4v) is 0.641. The molecule has 0 rings (SSSR count). The van der Waals surface area contributed by atoms with Crippen LogP contribution in [0.25, 0.3) is 0 Å². The van der Waals surface area contributed by atoms with Crippen molar-refractivity contribution in [1.82, 2.24) is 0 Å². The van der Waals surface area contributed by atoms with E-state index < -0.39 is 17.3 Å². The van der Waals surface area contributed by atoms with Gasteiger partial charge in [-0.2, -0.15) is 0 Å². The molecule has 0 saturated heterocycles. The Hall–Kier alpha value is -0.484. The van der Waals surface area contributed by atoms with Gasteiger partial charge in [-0.1, -0.05) is 0 Å². The van der Waals surface area contributed by atoms with Gasteiger partial charge in [-0.25, -0.2) is 5.92 Å². The number of rotatable bonds is 3. The van der Waals surface area contributed by atoms with Gasteiger partial charge in [-0.15, -0.1) is 5.78 Å². The molecule has 3 nitrogen and oxygen atoms in total. The molecule has 0 aliphatic heterocycles. The maximum atomic E-state index is 10.5. The van der Waals surface area contributed by atoms with Crippen LogP contribution in [0, 0.1) is 12.8 Å². The third-order valence-electron chi connectivity index (χ3n) is 0.983. The first-order valence-electron chi connectivity index (χ1n) is 2.72. The quantitative estimate of drug-likeness (QED) is 0.329. The van der Waals surface area contributed by atoms with Crippen LogP contribution in [0.3, 0.4) is 0 Å². The van der Waals surface area contributed by atoms with Gasteiger partial charge < -0.3 is 21.3 Å². The minimum Gasteiger partial charge on any atom is -0.369 e. The third kappa shape index (κ3) is 4.05. The summed E-state index contributed by atoms with van der Waals surface area (Å²) in [5, 5.41) is 0. The minimum absolute atomic E-state index is 0. The topological polar surface area (TPSA) is 51.2 Å². The molecule has 0 aromatic carbocycles. The zero-order chi connectivity index (χ0) is 8.31. The Morgan fingerprint density at radius 1 is 1.09 bits per heavy atom. The van der Waals surface area contributed by atoms with Crippen molar-refractivity contribution in [2.24, 2.45) is 0 Å². The Kier molecular flexibility index (Phi) is 6.21. The average molecular weight is 164 g/mol. The fraction of sp³-hybridized carbons (Fsp3) is 0.286. The molecule has 4 heteroatoms. The Morgan fingerprint density at radius 3 is 1.36 bits per heavy atom. The molecule has 0 N–H and O–H groups in total. The first-order valence-corrected chi connectivity index (χ1v) is 2.72. The molecule has 0 unspecified atom stereocenters. The number of Topliss-reactive ketones (excluding diaryl/α,β-unsaturated/α-hetero) is 3. The predicted octanol–water partition coefficient (Wildman–Crippen LogP) is -0.239. The summed E-state index contributed by atoms with van der Waals surface area (Å²) in [5.41, 5.74) is 0. The van der Waals surface area contributed by atoms with Gasteiger partial charge in [-0.3, -0.25) is 0 Å². The molecular weight excluding hydrogens is 156 g/mol. The summed E-state index contributed by atoms with van der Waals surface area (Å²) in [6.45, 7) is 5.30. The van der Waals surface area contributed by atoms with Crippen LogP contribution in [-0.2, 0) is 14.4 Å². The first-order chi connectivity index (χ1) is 4.46. The molecule has 0 radical (unpaired) electrons. The Balaban J connectivity index is 0. The van der Waals surface area contributed by atoms with E-state index in [1.54, 1.807) is 0 Å². The van der Waals surface area contributed by atoms with Gasteiger partial charge in [0.05, 0.1) is 0 Å². The van der Waals surface area contributed by atoms with Gasteiger partial charge >= 0.3 is 23.1 Å². The number of ketones is 3. The maximum Gasteiger partial charge on any atom is 2.00 e. The summed E-state index contributed by atoms with van der Waals surface area (Å²) >= 11 is 0. The molecule has 0 aromatic heterocycles. The van der Waals surface area contributed by atoms with Gasteiger partial charge in [0.15, 0.2) is 0 Å². The van der Waals surface area contributed by atoms with Crippen LogP contribution < -0.4 is 0 Å². The van der Waals surface area contributed by atoms with Gasteiger partial charge in [0.1, 0.15) is 0 Å². The van der Waals surface area contributed by atoms with Crippen LogP contribution in [0.15, 0.2) is 0 Å². The van der Waals surface area contributed by atoms with Gasteiger partial charge in [0.25, 0.3) is 0 Å². The Bertz CT molecular complexity index is 153. The predicted molar refractivity (Wildman–Crippen MR) is 40.7 cm³/mol. The van der Waals surface area contributed by atoms with E-state index in [9.17, 15) is 14.4 Å². The molecule has 0 spiro atoms. The van der Waals surface area contributed by atoms with E-state index in [-0.39, 0.29) is 29.0 Å². The number of hydrogen-bond donors (Lipinski definition) is 0. The van der Waals surface area contributed by atoms with Crippen molar-refractivity contribution < 1.29 is 14.4 Å². The largest absolute Gasteiger partial charge is 2.00 e. The molecule has 0 atom stereocenters.